The van der Waals surface area contributed by atoms with Gasteiger partial charge in [-0.05, 0) is 18.9 Å². The van der Waals surface area contributed by atoms with Gasteiger partial charge in [-0.25, -0.2) is 9.97 Å². The number of anilines is 1. The number of aryl methyl sites for hydroxylation is 2. The molecule has 1 fully saturated rings. The van der Waals surface area contributed by atoms with Crippen molar-refractivity contribution >= 4 is 11.7 Å². The van der Waals surface area contributed by atoms with Gasteiger partial charge in [-0.3, -0.25) is 4.79 Å². The highest BCUT2D eigenvalue weighted by Crippen LogP contribution is 2.21. The first kappa shape index (κ1) is 16.4. The van der Waals surface area contributed by atoms with Crippen LogP contribution in [0.4, 0.5) is 5.82 Å². The van der Waals surface area contributed by atoms with E-state index in [0.717, 1.165) is 36.8 Å². The molecular formula is C19H24N4O. The summed E-state index contributed by atoms with van der Waals surface area (Å²) in [6, 6.07) is 12.1. The summed E-state index contributed by atoms with van der Waals surface area (Å²) in [6.45, 7) is 6.25. The molecule has 0 radical (unpaired) electrons. The van der Waals surface area contributed by atoms with E-state index in [4.69, 9.17) is 0 Å². The molecule has 1 unspecified atom stereocenters. The highest BCUT2D eigenvalue weighted by atomic mass is 16.2. The molecule has 1 saturated heterocycles. The van der Waals surface area contributed by atoms with E-state index < -0.39 is 0 Å². The molecule has 5 nitrogen and oxygen atoms in total. The van der Waals surface area contributed by atoms with Gasteiger partial charge in [0.25, 0.3) is 0 Å². The van der Waals surface area contributed by atoms with Crippen LogP contribution in [-0.4, -0.2) is 33.9 Å². The molecule has 2 aromatic rings. The molecule has 1 atom stereocenters. The van der Waals surface area contributed by atoms with Gasteiger partial charge in [-0.2, -0.15) is 0 Å². The molecule has 3 rings (SSSR count). The topological polar surface area (TPSA) is 58.1 Å². The highest BCUT2D eigenvalue weighted by Gasteiger charge is 2.29. The first-order valence-electron chi connectivity index (χ1n) is 8.54. The Bertz CT molecular complexity index is 702. The summed E-state index contributed by atoms with van der Waals surface area (Å²) < 4.78 is 0. The minimum atomic E-state index is 0.235. The lowest BCUT2D eigenvalue weighted by atomic mass is 10.1. The van der Waals surface area contributed by atoms with Crippen LogP contribution in [0, 0.1) is 12.8 Å². The van der Waals surface area contributed by atoms with Gasteiger partial charge in [0.1, 0.15) is 11.6 Å². The van der Waals surface area contributed by atoms with E-state index in [1.165, 1.54) is 5.56 Å². The van der Waals surface area contributed by atoms with Crippen molar-refractivity contribution in [3.8, 4) is 0 Å². The number of aromatic nitrogens is 2. The molecule has 5 heteroatoms. The molecule has 1 aliphatic heterocycles. The number of carbonyl (C=O) groups excluding carboxylic acids is 1. The summed E-state index contributed by atoms with van der Waals surface area (Å²) in [5.74, 6) is 2.19. The third-order valence-electron chi connectivity index (χ3n) is 4.34. The van der Waals surface area contributed by atoms with Crippen molar-refractivity contribution in [3.63, 3.8) is 0 Å². The highest BCUT2D eigenvalue weighted by molar-refractivity contribution is 5.78. The number of carbonyl (C=O) groups is 1. The number of nitrogens with zero attached hydrogens (tertiary/aromatic N) is 3. The number of rotatable bonds is 6. The predicted molar refractivity (Wildman–Crippen MR) is 94.6 cm³/mol. The van der Waals surface area contributed by atoms with Crippen molar-refractivity contribution in [2.75, 3.05) is 18.4 Å². The summed E-state index contributed by atoms with van der Waals surface area (Å²) in [7, 11) is 0. The summed E-state index contributed by atoms with van der Waals surface area (Å²) in [6.07, 6.45) is 1.50. The van der Waals surface area contributed by atoms with E-state index >= 15 is 0 Å². The Hall–Kier alpha value is -2.43. The normalized spacial score (nSPS) is 17.3. The van der Waals surface area contributed by atoms with Crippen LogP contribution in [0.15, 0.2) is 36.4 Å². The zero-order chi connectivity index (χ0) is 16.9. The van der Waals surface area contributed by atoms with Gasteiger partial charge in [0, 0.05) is 43.7 Å². The second kappa shape index (κ2) is 7.43. The van der Waals surface area contributed by atoms with E-state index in [2.05, 4.69) is 34.3 Å². The van der Waals surface area contributed by atoms with Crippen LogP contribution in [-0.2, 0) is 17.8 Å². The van der Waals surface area contributed by atoms with Crippen molar-refractivity contribution in [3.05, 3.63) is 53.5 Å². The summed E-state index contributed by atoms with van der Waals surface area (Å²) in [5, 5.41) is 3.38. The van der Waals surface area contributed by atoms with Crippen LogP contribution < -0.4 is 5.32 Å². The van der Waals surface area contributed by atoms with Gasteiger partial charge in [0.15, 0.2) is 0 Å². The lowest BCUT2D eigenvalue weighted by Crippen LogP contribution is -2.25. The van der Waals surface area contributed by atoms with E-state index in [1.807, 2.05) is 36.1 Å². The zero-order valence-corrected chi connectivity index (χ0v) is 14.3. The Labute approximate surface area is 143 Å². The van der Waals surface area contributed by atoms with E-state index in [0.29, 0.717) is 18.9 Å². The van der Waals surface area contributed by atoms with Gasteiger partial charge in [0.2, 0.25) is 5.91 Å². The molecule has 24 heavy (non-hydrogen) atoms. The maximum Gasteiger partial charge on any atom is 0.223 e. The smallest absolute Gasteiger partial charge is 0.223 e. The molecule has 0 bridgehead atoms. The molecule has 1 aliphatic rings. The Morgan fingerprint density at radius 2 is 2.04 bits per heavy atom. The van der Waals surface area contributed by atoms with E-state index in [-0.39, 0.29) is 5.91 Å². The number of benzene rings is 1. The SMILES string of the molecule is CCc1cc(NCC2CC(=O)N(Cc3ccccc3)C2)nc(C)n1. The fourth-order valence-electron chi connectivity index (χ4n) is 3.10. The number of hydrogen-bond acceptors (Lipinski definition) is 4. The van der Waals surface area contributed by atoms with Crippen LogP contribution in [0.1, 0.15) is 30.4 Å². The van der Waals surface area contributed by atoms with Crippen LogP contribution in [0.25, 0.3) is 0 Å². The maximum absolute atomic E-state index is 12.2. The van der Waals surface area contributed by atoms with Gasteiger partial charge in [-0.1, -0.05) is 37.3 Å². The molecule has 0 saturated carbocycles. The monoisotopic (exact) mass is 324 g/mol. The second-order valence-corrected chi connectivity index (χ2v) is 6.36. The molecule has 1 N–H and O–H groups in total. The molecule has 126 valence electrons. The molecule has 1 aromatic heterocycles. The number of amides is 1. The molecule has 2 heterocycles. The van der Waals surface area contributed by atoms with E-state index in [1.54, 1.807) is 0 Å². The molecular weight excluding hydrogens is 300 g/mol. The number of hydrogen-bond donors (Lipinski definition) is 1. The third kappa shape index (κ3) is 4.10. The molecule has 0 spiro atoms. The fourth-order valence-corrected chi connectivity index (χ4v) is 3.10. The van der Waals surface area contributed by atoms with Gasteiger partial charge in [0.05, 0.1) is 0 Å². The van der Waals surface area contributed by atoms with Crippen molar-refractivity contribution in [2.24, 2.45) is 5.92 Å². The van der Waals surface area contributed by atoms with Crippen molar-refractivity contribution < 1.29 is 4.79 Å². The number of nitrogens with one attached hydrogen (secondary N) is 1. The fraction of sp³-hybridized carbons (Fsp3) is 0.421. The maximum atomic E-state index is 12.2. The minimum absolute atomic E-state index is 0.235. The summed E-state index contributed by atoms with van der Waals surface area (Å²) >= 11 is 0. The van der Waals surface area contributed by atoms with Crippen LogP contribution in [0.2, 0.25) is 0 Å². The third-order valence-corrected chi connectivity index (χ3v) is 4.34. The minimum Gasteiger partial charge on any atom is -0.370 e. The first-order valence-corrected chi connectivity index (χ1v) is 8.54. The second-order valence-electron chi connectivity index (χ2n) is 6.36. The molecule has 1 aromatic carbocycles. The lowest BCUT2D eigenvalue weighted by Gasteiger charge is -2.17. The molecule has 0 aliphatic carbocycles. The largest absolute Gasteiger partial charge is 0.370 e. The number of likely N-dealkylation sites (tertiary alicyclic amines) is 1. The van der Waals surface area contributed by atoms with Crippen molar-refractivity contribution in [1.82, 2.24) is 14.9 Å². The Morgan fingerprint density at radius 1 is 1.25 bits per heavy atom. The first-order chi connectivity index (χ1) is 11.6. The van der Waals surface area contributed by atoms with Crippen molar-refractivity contribution in [2.45, 2.75) is 33.2 Å². The van der Waals surface area contributed by atoms with Gasteiger partial charge in [-0.15, -0.1) is 0 Å². The zero-order valence-electron chi connectivity index (χ0n) is 14.3. The standard InChI is InChI=1S/C19H24N4O/c1-3-17-10-18(22-14(2)21-17)20-11-16-9-19(24)23(13-16)12-15-7-5-4-6-8-15/h4-8,10,16H,3,9,11-13H2,1-2H3,(H,20,21,22). The Morgan fingerprint density at radius 3 is 2.79 bits per heavy atom. The molecule has 1 amide bonds. The van der Waals surface area contributed by atoms with Gasteiger partial charge < -0.3 is 10.2 Å². The predicted octanol–water partition coefficient (Wildman–Crippen LogP) is 2.81. The average Bonchev–Trinajstić information content (AvgIpc) is 2.93. The van der Waals surface area contributed by atoms with Crippen LogP contribution in [0.3, 0.4) is 0 Å². The van der Waals surface area contributed by atoms with Crippen LogP contribution in [0.5, 0.6) is 0 Å². The Kier molecular flexibility index (Phi) is 5.08. The van der Waals surface area contributed by atoms with Crippen molar-refractivity contribution in [1.29, 1.82) is 0 Å². The lowest BCUT2D eigenvalue weighted by molar-refractivity contribution is -0.128. The van der Waals surface area contributed by atoms with Crippen LogP contribution >= 0.6 is 0 Å². The average molecular weight is 324 g/mol. The van der Waals surface area contributed by atoms with Gasteiger partial charge >= 0.3 is 0 Å². The summed E-state index contributed by atoms with van der Waals surface area (Å²) in [5.41, 5.74) is 2.22. The quantitative estimate of drug-likeness (QED) is 0.888. The van der Waals surface area contributed by atoms with E-state index in [9.17, 15) is 4.79 Å². The summed E-state index contributed by atoms with van der Waals surface area (Å²) in [4.78, 5) is 23.0. The Balaban J connectivity index is 1.55.